The molecular weight excluding hydrogens is 436 g/mol. The number of methoxy groups -OCH3 is 1. The SMILES string of the molecule is COCc1c(N2CC(CO)C(C(F)(F)F)C2)c(F)cc2c(=O)c(C(=O)O)cn(C3CC3)c12. The number of benzene rings is 1. The monoisotopic (exact) mass is 458 g/mol. The number of anilines is 1. The lowest BCUT2D eigenvalue weighted by molar-refractivity contribution is -0.181. The number of aliphatic hydroxyl groups excluding tert-OH is 1. The zero-order valence-electron chi connectivity index (χ0n) is 17.2. The molecule has 2 N–H and O–H groups in total. The van der Waals surface area contributed by atoms with E-state index in [4.69, 9.17) is 4.74 Å². The van der Waals surface area contributed by atoms with Gasteiger partial charge in [-0.1, -0.05) is 0 Å². The third kappa shape index (κ3) is 3.73. The lowest BCUT2D eigenvalue weighted by atomic mass is 9.97. The number of aromatic nitrogens is 1. The van der Waals surface area contributed by atoms with Crippen LogP contribution < -0.4 is 10.3 Å². The number of fused-ring (bicyclic) bond motifs is 1. The zero-order chi connectivity index (χ0) is 23.4. The van der Waals surface area contributed by atoms with E-state index in [9.17, 15) is 33.0 Å². The smallest absolute Gasteiger partial charge is 0.393 e. The molecule has 1 saturated carbocycles. The Labute approximate surface area is 179 Å². The molecule has 0 bridgehead atoms. The maximum atomic E-state index is 15.3. The summed E-state index contributed by atoms with van der Waals surface area (Å²) in [5.41, 5.74) is -1.05. The van der Waals surface area contributed by atoms with Crippen LogP contribution in [0.25, 0.3) is 10.9 Å². The van der Waals surface area contributed by atoms with Crippen LogP contribution in [-0.4, -0.2) is 53.7 Å². The normalized spacial score (nSPS) is 21.5. The summed E-state index contributed by atoms with van der Waals surface area (Å²) in [6.45, 7) is -1.67. The number of ether oxygens (including phenoxy) is 1. The molecule has 2 atom stereocenters. The Kier molecular flexibility index (Phi) is 5.66. The number of rotatable bonds is 6. The van der Waals surface area contributed by atoms with E-state index < -0.39 is 53.9 Å². The molecular formula is C21H22F4N2O5. The van der Waals surface area contributed by atoms with Gasteiger partial charge >= 0.3 is 12.1 Å². The Balaban J connectivity index is 1.97. The van der Waals surface area contributed by atoms with E-state index in [0.717, 1.165) is 18.9 Å². The highest BCUT2D eigenvalue weighted by atomic mass is 19.4. The van der Waals surface area contributed by atoms with Crippen molar-refractivity contribution in [2.75, 3.05) is 31.7 Å². The van der Waals surface area contributed by atoms with Crippen LogP contribution in [0.1, 0.15) is 34.8 Å². The molecule has 32 heavy (non-hydrogen) atoms. The average Bonchev–Trinajstić information content (AvgIpc) is 3.46. The predicted octanol–water partition coefficient (Wildman–Crippen LogP) is 2.93. The third-order valence-corrected chi connectivity index (χ3v) is 6.21. The molecule has 2 aromatic rings. The topological polar surface area (TPSA) is 92.0 Å². The second kappa shape index (κ2) is 8.04. The lowest BCUT2D eigenvalue weighted by Crippen LogP contribution is -2.31. The number of aromatic carboxylic acids is 1. The molecule has 11 heteroatoms. The van der Waals surface area contributed by atoms with Crippen LogP contribution in [0.2, 0.25) is 0 Å². The maximum absolute atomic E-state index is 15.3. The molecule has 2 unspecified atom stereocenters. The summed E-state index contributed by atoms with van der Waals surface area (Å²) in [6.07, 6.45) is -1.90. The van der Waals surface area contributed by atoms with Crippen LogP contribution in [0.3, 0.4) is 0 Å². The van der Waals surface area contributed by atoms with Crippen LogP contribution in [0, 0.1) is 17.7 Å². The minimum atomic E-state index is -4.57. The van der Waals surface area contributed by atoms with E-state index in [1.165, 1.54) is 18.2 Å². The van der Waals surface area contributed by atoms with Crippen LogP contribution in [0.15, 0.2) is 17.1 Å². The summed E-state index contributed by atoms with van der Waals surface area (Å²) in [4.78, 5) is 25.6. The fourth-order valence-electron chi connectivity index (χ4n) is 4.58. The van der Waals surface area contributed by atoms with Gasteiger partial charge in [0.05, 0.1) is 23.7 Å². The molecule has 1 aromatic heterocycles. The fourth-order valence-corrected chi connectivity index (χ4v) is 4.58. The van der Waals surface area contributed by atoms with Crippen molar-refractivity contribution < 1.29 is 37.3 Å². The largest absolute Gasteiger partial charge is 0.477 e. The van der Waals surface area contributed by atoms with Crippen LogP contribution >= 0.6 is 0 Å². The number of hydrogen-bond acceptors (Lipinski definition) is 5. The Morgan fingerprint density at radius 2 is 1.97 bits per heavy atom. The van der Waals surface area contributed by atoms with E-state index in [2.05, 4.69) is 0 Å². The number of halogens is 4. The average molecular weight is 458 g/mol. The molecule has 1 saturated heterocycles. The van der Waals surface area contributed by atoms with Crippen molar-refractivity contribution in [1.29, 1.82) is 0 Å². The molecule has 0 radical (unpaired) electrons. The first-order chi connectivity index (χ1) is 15.1. The Morgan fingerprint density at radius 3 is 2.47 bits per heavy atom. The van der Waals surface area contributed by atoms with E-state index >= 15 is 4.39 Å². The second-order valence-electron chi connectivity index (χ2n) is 8.33. The second-order valence-corrected chi connectivity index (χ2v) is 8.33. The first kappa shape index (κ1) is 22.5. The van der Waals surface area contributed by atoms with Gasteiger partial charge in [0.1, 0.15) is 11.4 Å². The van der Waals surface area contributed by atoms with Gasteiger partial charge in [-0.15, -0.1) is 0 Å². The number of carboxylic acid groups (broad SMARTS) is 1. The molecule has 7 nitrogen and oxygen atoms in total. The maximum Gasteiger partial charge on any atom is 0.393 e. The van der Waals surface area contributed by atoms with Crippen LogP contribution in [0.5, 0.6) is 0 Å². The number of carboxylic acids is 1. The van der Waals surface area contributed by atoms with E-state index in [-0.39, 0.29) is 41.3 Å². The van der Waals surface area contributed by atoms with Crippen molar-refractivity contribution in [2.24, 2.45) is 11.8 Å². The lowest BCUT2D eigenvalue weighted by Gasteiger charge is -2.26. The van der Waals surface area contributed by atoms with Crippen molar-refractivity contribution in [2.45, 2.75) is 31.7 Å². The van der Waals surface area contributed by atoms with Gasteiger partial charge < -0.3 is 24.4 Å². The highest BCUT2D eigenvalue weighted by molar-refractivity contribution is 5.95. The molecule has 1 aromatic carbocycles. The zero-order valence-corrected chi connectivity index (χ0v) is 17.2. The fraction of sp³-hybridized carbons (Fsp3) is 0.524. The van der Waals surface area contributed by atoms with E-state index in [1.807, 2.05) is 0 Å². The number of hydrogen-bond donors (Lipinski definition) is 2. The van der Waals surface area contributed by atoms with Crippen molar-refractivity contribution in [3.05, 3.63) is 39.4 Å². The van der Waals surface area contributed by atoms with Gasteiger partial charge in [0.2, 0.25) is 5.43 Å². The van der Waals surface area contributed by atoms with Crippen LogP contribution in [0.4, 0.5) is 23.2 Å². The van der Waals surface area contributed by atoms with Gasteiger partial charge in [-0.25, -0.2) is 9.18 Å². The van der Waals surface area contributed by atoms with Crippen LogP contribution in [-0.2, 0) is 11.3 Å². The molecule has 0 amide bonds. The van der Waals surface area contributed by atoms with Gasteiger partial charge in [0.25, 0.3) is 0 Å². The first-order valence-electron chi connectivity index (χ1n) is 10.1. The number of nitrogens with zero attached hydrogens (tertiary/aromatic N) is 2. The molecule has 2 heterocycles. The summed E-state index contributed by atoms with van der Waals surface area (Å²) in [5, 5.41) is 18.7. The Morgan fingerprint density at radius 1 is 1.28 bits per heavy atom. The van der Waals surface area contributed by atoms with Gasteiger partial charge in [-0.2, -0.15) is 13.2 Å². The molecule has 2 fully saturated rings. The van der Waals surface area contributed by atoms with Crippen molar-refractivity contribution in [3.8, 4) is 0 Å². The standard InChI is InChI=1S/C21H22F4N2O5/c1-32-9-14-17-12(19(29)13(20(30)31)6-27(17)11-2-3-11)4-16(22)18(14)26-5-10(8-28)15(7-26)21(23,24)25/h4,6,10-11,15,28H,2-3,5,7-9H2,1H3,(H,30,31). The van der Waals surface area contributed by atoms with Gasteiger partial charge in [0.15, 0.2) is 0 Å². The molecule has 2 aliphatic rings. The van der Waals surface area contributed by atoms with Crippen molar-refractivity contribution in [3.63, 3.8) is 0 Å². The molecule has 174 valence electrons. The minimum absolute atomic E-state index is 0.100. The molecule has 1 aliphatic heterocycles. The summed E-state index contributed by atoms with van der Waals surface area (Å²) >= 11 is 0. The number of carbonyl (C=O) groups is 1. The third-order valence-electron chi connectivity index (χ3n) is 6.21. The quantitative estimate of drug-likeness (QED) is 0.647. The Hall–Kier alpha value is -2.66. The van der Waals surface area contributed by atoms with E-state index in [0.29, 0.717) is 0 Å². The number of alkyl halides is 3. The predicted molar refractivity (Wildman–Crippen MR) is 106 cm³/mol. The minimum Gasteiger partial charge on any atom is -0.477 e. The summed E-state index contributed by atoms with van der Waals surface area (Å²) < 4.78 is 62.6. The summed E-state index contributed by atoms with van der Waals surface area (Å²) in [6, 6.07) is 0.795. The molecule has 1 aliphatic carbocycles. The van der Waals surface area contributed by atoms with E-state index in [1.54, 1.807) is 4.57 Å². The van der Waals surface area contributed by atoms with Gasteiger partial charge in [0, 0.05) is 55.9 Å². The summed E-state index contributed by atoms with van der Waals surface area (Å²) in [7, 11) is 1.34. The number of pyridine rings is 1. The number of aliphatic hydroxyl groups is 1. The highest BCUT2D eigenvalue weighted by Gasteiger charge is 2.50. The molecule has 0 spiro atoms. The van der Waals surface area contributed by atoms with Gasteiger partial charge in [-0.05, 0) is 18.9 Å². The van der Waals surface area contributed by atoms with Crippen molar-refractivity contribution in [1.82, 2.24) is 4.57 Å². The molecule has 4 rings (SSSR count). The van der Waals surface area contributed by atoms with Crippen molar-refractivity contribution >= 4 is 22.6 Å². The Bertz CT molecular complexity index is 1130. The van der Waals surface area contributed by atoms with Gasteiger partial charge in [-0.3, -0.25) is 4.79 Å². The highest BCUT2D eigenvalue weighted by Crippen LogP contribution is 2.44. The summed E-state index contributed by atoms with van der Waals surface area (Å²) in [5.74, 6) is -5.34. The first-order valence-corrected chi connectivity index (χ1v) is 10.1.